The van der Waals surface area contributed by atoms with Crippen molar-refractivity contribution in [3.63, 3.8) is 0 Å². The molecule has 9 heteroatoms. The maximum absolute atomic E-state index is 12.5. The van der Waals surface area contributed by atoms with Crippen LogP contribution in [0.1, 0.15) is 22.5 Å². The third-order valence-corrected chi connectivity index (χ3v) is 7.58. The van der Waals surface area contributed by atoms with Crippen LogP contribution >= 0.6 is 51.1 Å². The van der Waals surface area contributed by atoms with E-state index in [4.69, 9.17) is 11.6 Å². The van der Waals surface area contributed by atoms with Crippen LogP contribution in [0.5, 0.6) is 0 Å². The number of rotatable bonds is 10. The van der Waals surface area contributed by atoms with Gasteiger partial charge in [0, 0.05) is 21.8 Å². The number of aryl methyl sites for hydroxylation is 2. The fourth-order valence-electron chi connectivity index (χ4n) is 2.88. The fourth-order valence-corrected chi connectivity index (χ4v) is 5.25. The van der Waals surface area contributed by atoms with Crippen molar-refractivity contribution >= 4 is 62.6 Å². The Morgan fingerprint density at radius 3 is 2.62 bits per heavy atom. The summed E-state index contributed by atoms with van der Waals surface area (Å²) in [4.78, 5) is 12.5. The van der Waals surface area contributed by atoms with Gasteiger partial charge in [0.15, 0.2) is 5.16 Å². The molecule has 0 radical (unpaired) electrons. The first-order chi connectivity index (χ1) is 15.4. The minimum atomic E-state index is -0.0919. The zero-order valence-electron chi connectivity index (χ0n) is 17.9. The highest BCUT2D eigenvalue weighted by Gasteiger charge is 2.14. The molecular weight excluding hydrogens is 528 g/mol. The van der Waals surface area contributed by atoms with Crippen molar-refractivity contribution < 1.29 is 4.79 Å². The predicted molar refractivity (Wildman–Crippen MR) is 140 cm³/mol. The minimum Gasteiger partial charge on any atom is -0.324 e. The SMILES string of the molecule is C=CCn1c(CSCc2ccc(Cl)cc2)nnc1SCC(=O)Nc1cc(C)c(C)cc1Br. The van der Waals surface area contributed by atoms with Gasteiger partial charge in [-0.3, -0.25) is 4.79 Å². The third kappa shape index (κ3) is 6.88. The number of carbonyl (C=O) groups excluding carboxylic acids is 1. The van der Waals surface area contributed by atoms with E-state index in [-0.39, 0.29) is 11.7 Å². The molecule has 0 saturated carbocycles. The Bertz CT molecular complexity index is 1100. The van der Waals surface area contributed by atoms with Crippen LogP contribution < -0.4 is 5.32 Å². The summed E-state index contributed by atoms with van der Waals surface area (Å²) in [6.45, 7) is 8.50. The molecule has 1 aromatic heterocycles. The van der Waals surface area contributed by atoms with E-state index in [2.05, 4.69) is 38.0 Å². The highest BCUT2D eigenvalue weighted by atomic mass is 79.9. The van der Waals surface area contributed by atoms with E-state index >= 15 is 0 Å². The Kier molecular flexibility index (Phi) is 9.28. The van der Waals surface area contributed by atoms with Crippen LogP contribution in [0, 0.1) is 13.8 Å². The number of amides is 1. The van der Waals surface area contributed by atoms with Gasteiger partial charge >= 0.3 is 0 Å². The standard InChI is InChI=1S/C23H24BrClN4OS2/c1-4-9-29-21(13-31-12-17-5-7-18(25)8-6-17)27-28-23(29)32-14-22(30)26-20-11-16(3)15(2)10-19(20)24/h4-8,10-11H,1,9,12-14H2,2-3H3,(H,26,30). The van der Waals surface area contributed by atoms with E-state index in [9.17, 15) is 4.79 Å². The van der Waals surface area contributed by atoms with Gasteiger partial charge in [-0.25, -0.2) is 0 Å². The van der Waals surface area contributed by atoms with Crippen molar-refractivity contribution in [2.45, 2.75) is 37.1 Å². The molecule has 0 unspecified atom stereocenters. The Labute approximate surface area is 210 Å². The molecule has 32 heavy (non-hydrogen) atoms. The van der Waals surface area contributed by atoms with Crippen LogP contribution in [-0.4, -0.2) is 26.4 Å². The van der Waals surface area contributed by atoms with Gasteiger partial charge < -0.3 is 9.88 Å². The molecule has 0 spiro atoms. The fraction of sp³-hybridized carbons (Fsp3) is 0.261. The van der Waals surface area contributed by atoms with E-state index in [1.54, 1.807) is 11.8 Å². The van der Waals surface area contributed by atoms with Crippen LogP contribution in [0.2, 0.25) is 5.02 Å². The van der Waals surface area contributed by atoms with E-state index in [0.29, 0.717) is 17.5 Å². The molecule has 0 aliphatic heterocycles. The number of allylic oxidation sites excluding steroid dienone is 1. The summed E-state index contributed by atoms with van der Waals surface area (Å²) in [5.41, 5.74) is 4.27. The smallest absolute Gasteiger partial charge is 0.234 e. The minimum absolute atomic E-state index is 0.0919. The first-order valence-electron chi connectivity index (χ1n) is 9.92. The van der Waals surface area contributed by atoms with Crippen LogP contribution in [0.15, 0.2) is 58.7 Å². The number of hydrogen-bond donors (Lipinski definition) is 1. The Morgan fingerprint density at radius 2 is 1.91 bits per heavy atom. The van der Waals surface area contributed by atoms with Gasteiger partial charge in [0.2, 0.25) is 5.91 Å². The quantitative estimate of drug-likeness (QED) is 0.225. The molecule has 1 heterocycles. The average molecular weight is 552 g/mol. The van der Waals surface area contributed by atoms with Gasteiger partial charge in [0.05, 0.1) is 17.2 Å². The number of thioether (sulfide) groups is 2. The molecule has 1 amide bonds. The average Bonchev–Trinajstić information content (AvgIpc) is 3.14. The topological polar surface area (TPSA) is 59.8 Å². The maximum Gasteiger partial charge on any atom is 0.234 e. The Hall–Kier alpha value is -1.74. The summed E-state index contributed by atoms with van der Waals surface area (Å²) in [6, 6.07) is 11.8. The lowest BCUT2D eigenvalue weighted by atomic mass is 10.1. The Balaban J connectivity index is 1.58. The summed E-state index contributed by atoms with van der Waals surface area (Å²) in [6.07, 6.45) is 1.81. The number of halogens is 2. The predicted octanol–water partition coefficient (Wildman–Crippen LogP) is 6.66. The second kappa shape index (κ2) is 11.9. The van der Waals surface area contributed by atoms with Gasteiger partial charge in [-0.15, -0.1) is 28.5 Å². The van der Waals surface area contributed by atoms with Crippen molar-refractivity contribution in [3.8, 4) is 0 Å². The highest BCUT2D eigenvalue weighted by molar-refractivity contribution is 9.10. The first-order valence-corrected chi connectivity index (χ1v) is 13.2. The van der Waals surface area contributed by atoms with Crippen molar-refractivity contribution in [1.82, 2.24) is 14.8 Å². The lowest BCUT2D eigenvalue weighted by Gasteiger charge is -2.11. The van der Waals surface area contributed by atoms with Gasteiger partial charge in [0.25, 0.3) is 0 Å². The van der Waals surface area contributed by atoms with Crippen LogP contribution in [0.3, 0.4) is 0 Å². The lowest BCUT2D eigenvalue weighted by Crippen LogP contribution is -2.15. The number of carbonyl (C=O) groups is 1. The third-order valence-electron chi connectivity index (χ3n) is 4.71. The molecule has 0 aliphatic rings. The second-order valence-electron chi connectivity index (χ2n) is 7.17. The summed E-state index contributed by atoms with van der Waals surface area (Å²) in [5.74, 6) is 2.58. The number of anilines is 1. The first kappa shape index (κ1) is 24.9. The number of benzene rings is 2. The molecule has 0 bridgehead atoms. The number of hydrogen-bond acceptors (Lipinski definition) is 5. The molecule has 5 nitrogen and oxygen atoms in total. The van der Waals surface area contributed by atoms with Gasteiger partial charge in [-0.05, 0) is 70.7 Å². The van der Waals surface area contributed by atoms with Crippen LogP contribution in [-0.2, 0) is 22.8 Å². The molecule has 168 valence electrons. The highest BCUT2D eigenvalue weighted by Crippen LogP contribution is 2.27. The molecule has 0 aliphatic carbocycles. The summed E-state index contributed by atoms with van der Waals surface area (Å²) in [7, 11) is 0. The zero-order chi connectivity index (χ0) is 23.1. The molecule has 3 rings (SSSR count). The van der Waals surface area contributed by atoms with Crippen molar-refractivity contribution in [3.05, 3.63) is 81.1 Å². The summed E-state index contributed by atoms with van der Waals surface area (Å²) in [5, 5.41) is 13.1. The molecule has 0 saturated heterocycles. The van der Waals surface area contributed by atoms with E-state index in [1.807, 2.05) is 60.9 Å². The number of aromatic nitrogens is 3. The van der Waals surface area contributed by atoms with Crippen molar-refractivity contribution in [2.75, 3.05) is 11.1 Å². The van der Waals surface area contributed by atoms with Gasteiger partial charge in [-0.1, -0.05) is 41.6 Å². The molecular formula is C23H24BrClN4OS2. The normalized spacial score (nSPS) is 10.9. The molecule has 1 N–H and O–H groups in total. The van der Waals surface area contributed by atoms with Crippen LogP contribution in [0.25, 0.3) is 0 Å². The molecule has 2 aromatic carbocycles. The lowest BCUT2D eigenvalue weighted by molar-refractivity contribution is -0.113. The van der Waals surface area contributed by atoms with Crippen molar-refractivity contribution in [2.24, 2.45) is 0 Å². The second-order valence-corrected chi connectivity index (χ2v) is 10.4. The van der Waals surface area contributed by atoms with E-state index in [0.717, 1.165) is 32.3 Å². The molecule has 0 atom stereocenters. The molecule has 3 aromatic rings. The summed E-state index contributed by atoms with van der Waals surface area (Å²) < 4.78 is 2.87. The maximum atomic E-state index is 12.5. The number of nitrogens with zero attached hydrogens (tertiary/aromatic N) is 3. The Morgan fingerprint density at radius 1 is 1.19 bits per heavy atom. The van der Waals surface area contributed by atoms with E-state index < -0.39 is 0 Å². The number of nitrogens with one attached hydrogen (secondary N) is 1. The largest absolute Gasteiger partial charge is 0.324 e. The van der Waals surface area contributed by atoms with E-state index in [1.165, 1.54) is 22.9 Å². The van der Waals surface area contributed by atoms with Crippen LogP contribution in [0.4, 0.5) is 5.69 Å². The van der Waals surface area contributed by atoms with Gasteiger partial charge in [-0.2, -0.15) is 0 Å². The summed E-state index contributed by atoms with van der Waals surface area (Å²) >= 11 is 12.6. The van der Waals surface area contributed by atoms with Crippen molar-refractivity contribution in [1.29, 1.82) is 0 Å². The zero-order valence-corrected chi connectivity index (χ0v) is 21.9. The monoisotopic (exact) mass is 550 g/mol. The van der Waals surface area contributed by atoms with Gasteiger partial charge in [0.1, 0.15) is 5.82 Å². The molecule has 0 fully saturated rings.